The first-order chi connectivity index (χ1) is 9.26. The van der Waals surface area contributed by atoms with Gasteiger partial charge in [-0.2, -0.15) is 13.2 Å². The van der Waals surface area contributed by atoms with Crippen LogP contribution in [0.5, 0.6) is 0 Å². The Labute approximate surface area is 119 Å². The number of alkyl halides is 3. The highest BCUT2D eigenvalue weighted by Gasteiger charge is 2.39. The van der Waals surface area contributed by atoms with Gasteiger partial charge in [0.2, 0.25) is 0 Å². The summed E-state index contributed by atoms with van der Waals surface area (Å²) >= 11 is 1.03. The Hall–Kier alpha value is -1.40. The van der Waals surface area contributed by atoms with Crippen LogP contribution in [0.3, 0.4) is 0 Å². The zero-order valence-corrected chi connectivity index (χ0v) is 12.0. The summed E-state index contributed by atoms with van der Waals surface area (Å²) in [5.74, 6) is 0. The second kappa shape index (κ2) is 5.18. The van der Waals surface area contributed by atoms with Gasteiger partial charge in [0.1, 0.15) is 5.01 Å². The maximum atomic E-state index is 12.9. The topological polar surface area (TPSA) is 38.9 Å². The minimum atomic E-state index is -4.46. The Morgan fingerprint density at radius 3 is 2.20 bits per heavy atom. The molecule has 0 atom stereocenters. The summed E-state index contributed by atoms with van der Waals surface area (Å²) in [5, 5.41) is 0.427. The molecular weight excluding hydrogens is 285 g/mol. The van der Waals surface area contributed by atoms with Gasteiger partial charge in [-0.15, -0.1) is 11.3 Å². The molecule has 2 N–H and O–H groups in total. The normalized spacial score (nSPS) is 12.7. The number of thiazole rings is 1. The van der Waals surface area contributed by atoms with E-state index in [1.54, 1.807) is 0 Å². The second-order valence-corrected chi connectivity index (χ2v) is 6.07. The van der Waals surface area contributed by atoms with Crippen LogP contribution in [0.25, 0.3) is 0 Å². The molecular formula is C14H15F3N2S. The zero-order chi connectivity index (χ0) is 15.0. The van der Waals surface area contributed by atoms with E-state index in [9.17, 15) is 13.2 Å². The molecule has 6 heteroatoms. The Morgan fingerprint density at radius 1 is 1.15 bits per heavy atom. The highest BCUT2D eigenvalue weighted by Crippen LogP contribution is 2.40. The minimum Gasteiger partial charge on any atom is -0.326 e. The molecule has 20 heavy (non-hydrogen) atoms. The van der Waals surface area contributed by atoms with Crippen molar-refractivity contribution in [2.45, 2.75) is 32.0 Å². The van der Waals surface area contributed by atoms with Crippen LogP contribution in [0.4, 0.5) is 13.2 Å². The van der Waals surface area contributed by atoms with Gasteiger partial charge in [0.15, 0.2) is 5.69 Å². The van der Waals surface area contributed by atoms with Crippen molar-refractivity contribution < 1.29 is 13.2 Å². The third kappa shape index (κ3) is 2.71. The Bertz CT molecular complexity index is 588. The van der Waals surface area contributed by atoms with Gasteiger partial charge in [-0.05, 0) is 19.4 Å². The molecule has 1 aromatic heterocycles. The fourth-order valence-corrected chi connectivity index (χ4v) is 3.04. The molecule has 0 aliphatic heterocycles. The maximum absolute atomic E-state index is 12.9. The van der Waals surface area contributed by atoms with Gasteiger partial charge in [0, 0.05) is 12.0 Å². The van der Waals surface area contributed by atoms with E-state index in [0.29, 0.717) is 5.01 Å². The summed E-state index contributed by atoms with van der Waals surface area (Å²) in [6.07, 6.45) is -4.46. The summed E-state index contributed by atoms with van der Waals surface area (Å²) in [5.41, 5.74) is 4.89. The van der Waals surface area contributed by atoms with E-state index in [2.05, 4.69) is 4.98 Å². The molecule has 2 aromatic rings. The number of benzene rings is 1. The molecule has 1 aromatic carbocycles. The van der Waals surface area contributed by atoms with Crippen molar-refractivity contribution in [1.29, 1.82) is 0 Å². The Kier molecular flexibility index (Phi) is 3.88. The highest BCUT2D eigenvalue weighted by molar-refractivity contribution is 7.12. The van der Waals surface area contributed by atoms with Crippen LogP contribution < -0.4 is 5.73 Å². The van der Waals surface area contributed by atoms with Gasteiger partial charge < -0.3 is 5.73 Å². The lowest BCUT2D eigenvalue weighted by molar-refractivity contribution is -0.141. The molecule has 2 rings (SSSR count). The summed E-state index contributed by atoms with van der Waals surface area (Å²) in [7, 11) is 0. The van der Waals surface area contributed by atoms with Crippen LogP contribution >= 0.6 is 11.3 Å². The number of rotatable bonds is 3. The van der Waals surface area contributed by atoms with Gasteiger partial charge >= 0.3 is 6.18 Å². The second-order valence-electron chi connectivity index (χ2n) is 4.98. The van der Waals surface area contributed by atoms with E-state index in [1.165, 1.54) is 0 Å². The van der Waals surface area contributed by atoms with E-state index < -0.39 is 17.3 Å². The number of nitrogens with zero attached hydrogens (tertiary/aromatic N) is 1. The largest absolute Gasteiger partial charge is 0.434 e. The quantitative estimate of drug-likeness (QED) is 0.932. The Morgan fingerprint density at radius 2 is 1.75 bits per heavy atom. The van der Waals surface area contributed by atoms with E-state index >= 15 is 0 Å². The molecule has 0 radical (unpaired) electrons. The van der Waals surface area contributed by atoms with Crippen LogP contribution in [0.15, 0.2) is 30.3 Å². The van der Waals surface area contributed by atoms with E-state index in [0.717, 1.165) is 16.9 Å². The van der Waals surface area contributed by atoms with Gasteiger partial charge in [0.05, 0.1) is 4.88 Å². The monoisotopic (exact) mass is 300 g/mol. The molecule has 0 amide bonds. The zero-order valence-electron chi connectivity index (χ0n) is 11.2. The van der Waals surface area contributed by atoms with Gasteiger partial charge in [0.25, 0.3) is 0 Å². The molecule has 0 saturated heterocycles. The van der Waals surface area contributed by atoms with Crippen molar-refractivity contribution in [2.24, 2.45) is 5.73 Å². The molecule has 0 aliphatic carbocycles. The van der Waals surface area contributed by atoms with Crippen LogP contribution in [0.1, 0.15) is 35.0 Å². The highest BCUT2D eigenvalue weighted by atomic mass is 32.1. The van der Waals surface area contributed by atoms with Crippen LogP contribution in [-0.2, 0) is 18.1 Å². The lowest BCUT2D eigenvalue weighted by Gasteiger charge is -2.22. The lowest BCUT2D eigenvalue weighted by Crippen LogP contribution is -2.19. The van der Waals surface area contributed by atoms with Crippen molar-refractivity contribution in [3.05, 3.63) is 51.5 Å². The van der Waals surface area contributed by atoms with Crippen molar-refractivity contribution in [1.82, 2.24) is 4.98 Å². The van der Waals surface area contributed by atoms with Gasteiger partial charge in [-0.3, -0.25) is 0 Å². The smallest absolute Gasteiger partial charge is 0.326 e. The molecule has 108 valence electrons. The Balaban J connectivity index is 2.51. The third-order valence-electron chi connectivity index (χ3n) is 3.18. The van der Waals surface area contributed by atoms with Gasteiger partial charge in [-0.25, -0.2) is 4.98 Å². The predicted molar refractivity (Wildman–Crippen MR) is 73.6 cm³/mol. The maximum Gasteiger partial charge on any atom is 0.434 e. The minimum absolute atomic E-state index is 0.0801. The number of halogens is 3. The average molecular weight is 300 g/mol. The molecule has 1 heterocycles. The van der Waals surface area contributed by atoms with Crippen LogP contribution in [0.2, 0.25) is 0 Å². The summed E-state index contributed by atoms with van der Waals surface area (Å²) in [6.45, 7) is 3.57. The van der Waals surface area contributed by atoms with Gasteiger partial charge in [-0.1, -0.05) is 30.3 Å². The first-order valence-corrected chi connectivity index (χ1v) is 6.91. The SMILES string of the molecule is CC(C)(c1ccccc1)c1nc(C(F)(F)F)c(CN)s1. The molecule has 2 nitrogen and oxygen atoms in total. The number of aromatic nitrogens is 1. The first kappa shape index (κ1) is 15.0. The number of hydrogen-bond donors (Lipinski definition) is 1. The summed E-state index contributed by atoms with van der Waals surface area (Å²) < 4.78 is 38.8. The lowest BCUT2D eigenvalue weighted by atomic mass is 9.85. The summed E-state index contributed by atoms with van der Waals surface area (Å²) in [6, 6.07) is 9.36. The molecule has 0 aliphatic rings. The van der Waals surface area contributed by atoms with Crippen molar-refractivity contribution >= 4 is 11.3 Å². The third-order valence-corrected chi connectivity index (χ3v) is 4.58. The standard InChI is InChI=1S/C14H15F3N2S/c1-13(2,9-6-4-3-5-7-9)12-19-11(14(15,16)17)10(8-18)20-12/h3-7H,8,18H2,1-2H3. The van der Waals surface area contributed by atoms with Crippen molar-refractivity contribution in [3.63, 3.8) is 0 Å². The first-order valence-electron chi connectivity index (χ1n) is 6.09. The number of hydrogen-bond acceptors (Lipinski definition) is 3. The van der Waals surface area contributed by atoms with Crippen LogP contribution in [0, 0.1) is 0 Å². The van der Waals surface area contributed by atoms with E-state index in [1.807, 2.05) is 44.2 Å². The fourth-order valence-electron chi connectivity index (χ4n) is 1.96. The van der Waals surface area contributed by atoms with Crippen LogP contribution in [-0.4, -0.2) is 4.98 Å². The molecule has 0 fully saturated rings. The van der Waals surface area contributed by atoms with Crippen molar-refractivity contribution in [2.75, 3.05) is 0 Å². The van der Waals surface area contributed by atoms with E-state index in [-0.39, 0.29) is 11.4 Å². The average Bonchev–Trinajstić information content (AvgIpc) is 2.84. The van der Waals surface area contributed by atoms with E-state index in [4.69, 9.17) is 5.73 Å². The molecule has 0 unspecified atom stereocenters. The molecule has 0 saturated carbocycles. The number of nitrogens with two attached hydrogens (primary N) is 1. The summed E-state index contributed by atoms with van der Waals surface area (Å²) in [4.78, 5) is 3.89. The van der Waals surface area contributed by atoms with Crippen molar-refractivity contribution in [3.8, 4) is 0 Å². The predicted octanol–water partition coefficient (Wildman–Crippen LogP) is 3.95. The molecule has 0 bridgehead atoms. The molecule has 0 spiro atoms. The fraction of sp³-hybridized carbons (Fsp3) is 0.357.